The van der Waals surface area contributed by atoms with Crippen LogP contribution < -0.4 is 11.1 Å². The van der Waals surface area contributed by atoms with Crippen molar-refractivity contribution < 1.29 is 9.59 Å². The van der Waals surface area contributed by atoms with E-state index in [9.17, 15) is 9.59 Å². The van der Waals surface area contributed by atoms with E-state index in [-0.39, 0.29) is 5.91 Å². The van der Waals surface area contributed by atoms with E-state index in [2.05, 4.69) is 5.32 Å². The number of anilines is 1. The molecule has 0 aliphatic carbocycles. The fraction of sp³-hybridized carbons (Fsp3) is 0.100. The molecule has 0 saturated heterocycles. The Kier molecular flexibility index (Phi) is 5.40. The predicted molar refractivity (Wildman–Crippen MR) is 106 cm³/mol. The maximum absolute atomic E-state index is 12.5. The van der Waals surface area contributed by atoms with E-state index in [0.717, 1.165) is 16.0 Å². The highest BCUT2D eigenvalue weighted by atomic mass is 35.5. The molecule has 2 amide bonds. The van der Waals surface area contributed by atoms with Crippen molar-refractivity contribution >= 4 is 39.8 Å². The summed E-state index contributed by atoms with van der Waals surface area (Å²) in [6.07, 6.45) is 0.671. The second-order valence-electron chi connectivity index (χ2n) is 5.85. The Bertz CT molecular complexity index is 967. The van der Waals surface area contributed by atoms with Crippen molar-refractivity contribution in [2.24, 2.45) is 5.73 Å². The van der Waals surface area contributed by atoms with Crippen LogP contribution in [0.5, 0.6) is 0 Å². The lowest BCUT2D eigenvalue weighted by molar-refractivity contribution is 0.100. The summed E-state index contributed by atoms with van der Waals surface area (Å²) < 4.78 is 0. The number of primary amides is 1. The maximum atomic E-state index is 12.5. The van der Waals surface area contributed by atoms with Gasteiger partial charge in [0.2, 0.25) is 0 Å². The summed E-state index contributed by atoms with van der Waals surface area (Å²) in [6.45, 7) is 1.85. The van der Waals surface area contributed by atoms with Crippen molar-refractivity contribution in [1.82, 2.24) is 0 Å². The van der Waals surface area contributed by atoms with E-state index in [4.69, 9.17) is 17.3 Å². The first-order chi connectivity index (χ1) is 12.5. The van der Waals surface area contributed by atoms with Gasteiger partial charge in [0, 0.05) is 21.9 Å². The topological polar surface area (TPSA) is 72.2 Å². The Morgan fingerprint density at radius 2 is 1.85 bits per heavy atom. The lowest BCUT2D eigenvalue weighted by atomic mass is 10.1. The molecule has 0 bridgehead atoms. The molecule has 0 aliphatic heterocycles. The van der Waals surface area contributed by atoms with Gasteiger partial charge in [-0.1, -0.05) is 48.0 Å². The molecule has 0 spiro atoms. The Hall–Kier alpha value is -2.63. The van der Waals surface area contributed by atoms with Gasteiger partial charge in [-0.15, -0.1) is 11.3 Å². The summed E-state index contributed by atoms with van der Waals surface area (Å²) in [5.41, 5.74) is 8.26. The summed E-state index contributed by atoms with van der Waals surface area (Å²) in [7, 11) is 0. The SMILES string of the molecule is Cc1c(Cc2ccccc2)sc(NC(=O)c2cccc(Cl)c2)c1C(N)=O. The van der Waals surface area contributed by atoms with Crippen molar-refractivity contribution in [1.29, 1.82) is 0 Å². The fourth-order valence-corrected chi connectivity index (χ4v) is 4.13. The number of hydrogen-bond acceptors (Lipinski definition) is 3. The predicted octanol–water partition coefficient (Wildman–Crippen LogP) is 4.65. The second-order valence-corrected chi connectivity index (χ2v) is 7.39. The average molecular weight is 385 g/mol. The zero-order chi connectivity index (χ0) is 18.7. The summed E-state index contributed by atoms with van der Waals surface area (Å²) in [5, 5.41) is 3.74. The molecule has 132 valence electrons. The van der Waals surface area contributed by atoms with Crippen molar-refractivity contribution in [3.05, 3.63) is 86.8 Å². The number of carbonyl (C=O) groups is 2. The molecule has 0 unspecified atom stereocenters. The first-order valence-corrected chi connectivity index (χ1v) is 9.18. The van der Waals surface area contributed by atoms with Gasteiger partial charge in [-0.05, 0) is 36.2 Å². The number of nitrogens with one attached hydrogen (secondary N) is 1. The first kappa shape index (κ1) is 18.2. The van der Waals surface area contributed by atoms with Crippen LogP contribution in [-0.2, 0) is 6.42 Å². The average Bonchev–Trinajstić information content (AvgIpc) is 2.91. The number of nitrogens with two attached hydrogens (primary N) is 1. The van der Waals surface area contributed by atoms with Crippen molar-refractivity contribution in [3.8, 4) is 0 Å². The second kappa shape index (κ2) is 7.72. The summed E-state index contributed by atoms with van der Waals surface area (Å²) in [6, 6.07) is 16.6. The van der Waals surface area contributed by atoms with Crippen LogP contribution in [-0.4, -0.2) is 11.8 Å². The third kappa shape index (κ3) is 3.95. The standard InChI is InChI=1S/C20H17ClN2O2S/c1-12-16(10-13-6-3-2-4-7-13)26-20(17(12)18(22)24)23-19(25)14-8-5-9-15(21)11-14/h2-9,11H,10H2,1H3,(H2,22,24)(H,23,25). The number of amides is 2. The normalized spacial score (nSPS) is 10.5. The molecule has 26 heavy (non-hydrogen) atoms. The lowest BCUT2D eigenvalue weighted by Gasteiger charge is -2.05. The third-order valence-electron chi connectivity index (χ3n) is 4.01. The highest BCUT2D eigenvalue weighted by molar-refractivity contribution is 7.17. The molecule has 6 heteroatoms. The summed E-state index contributed by atoms with van der Waals surface area (Å²) in [5.74, 6) is -0.887. The monoisotopic (exact) mass is 384 g/mol. The van der Waals surface area contributed by atoms with E-state index in [1.54, 1.807) is 24.3 Å². The number of halogens is 1. The smallest absolute Gasteiger partial charge is 0.256 e. The Balaban J connectivity index is 1.92. The van der Waals surface area contributed by atoms with E-state index < -0.39 is 5.91 Å². The Morgan fingerprint density at radius 3 is 2.50 bits per heavy atom. The first-order valence-electron chi connectivity index (χ1n) is 7.98. The largest absolute Gasteiger partial charge is 0.365 e. The molecule has 3 N–H and O–H groups in total. The van der Waals surface area contributed by atoms with Crippen LogP contribution in [0.25, 0.3) is 0 Å². The highest BCUT2D eigenvalue weighted by Crippen LogP contribution is 2.34. The zero-order valence-corrected chi connectivity index (χ0v) is 15.7. The van der Waals surface area contributed by atoms with Gasteiger partial charge in [-0.25, -0.2) is 0 Å². The van der Waals surface area contributed by atoms with Gasteiger partial charge in [0.15, 0.2) is 0 Å². The van der Waals surface area contributed by atoms with Crippen molar-refractivity contribution in [2.75, 3.05) is 5.32 Å². The number of thiophene rings is 1. The van der Waals surface area contributed by atoms with E-state index in [1.807, 2.05) is 37.3 Å². The highest BCUT2D eigenvalue weighted by Gasteiger charge is 2.21. The van der Waals surface area contributed by atoms with Crippen molar-refractivity contribution in [3.63, 3.8) is 0 Å². The number of rotatable bonds is 5. The van der Waals surface area contributed by atoms with Gasteiger partial charge in [0.1, 0.15) is 5.00 Å². The van der Waals surface area contributed by atoms with E-state index in [0.29, 0.717) is 27.6 Å². The van der Waals surface area contributed by atoms with Gasteiger partial charge in [0.25, 0.3) is 11.8 Å². The van der Waals surface area contributed by atoms with Crippen molar-refractivity contribution in [2.45, 2.75) is 13.3 Å². The molecule has 0 fully saturated rings. The molecule has 0 atom stereocenters. The molecule has 2 aromatic carbocycles. The number of hydrogen-bond donors (Lipinski definition) is 2. The van der Waals surface area contributed by atoms with Crippen LogP contribution in [0.15, 0.2) is 54.6 Å². The van der Waals surface area contributed by atoms with Crippen LogP contribution in [0.4, 0.5) is 5.00 Å². The molecule has 1 aromatic heterocycles. The minimum Gasteiger partial charge on any atom is -0.365 e. The third-order valence-corrected chi connectivity index (χ3v) is 5.46. The molecule has 3 aromatic rings. The number of carbonyl (C=O) groups excluding carboxylic acids is 2. The number of benzene rings is 2. The summed E-state index contributed by atoms with van der Waals surface area (Å²) in [4.78, 5) is 25.4. The summed E-state index contributed by atoms with van der Waals surface area (Å²) >= 11 is 7.31. The van der Waals surface area contributed by atoms with Gasteiger partial charge in [-0.2, -0.15) is 0 Å². The Morgan fingerprint density at radius 1 is 1.12 bits per heavy atom. The molecule has 1 heterocycles. The molecule has 0 saturated carbocycles. The molecular formula is C20H17ClN2O2S. The van der Waals surface area contributed by atoms with Gasteiger partial charge in [0.05, 0.1) is 5.56 Å². The minimum atomic E-state index is -0.556. The van der Waals surface area contributed by atoms with E-state index in [1.165, 1.54) is 11.3 Å². The molecule has 3 rings (SSSR count). The molecule has 0 radical (unpaired) electrons. The van der Waals surface area contributed by atoms with Crippen LogP contribution in [0.3, 0.4) is 0 Å². The molecule has 0 aliphatic rings. The van der Waals surface area contributed by atoms with Crippen LogP contribution in [0.1, 0.15) is 36.7 Å². The van der Waals surface area contributed by atoms with Crippen LogP contribution >= 0.6 is 22.9 Å². The lowest BCUT2D eigenvalue weighted by Crippen LogP contribution is -2.17. The fourth-order valence-electron chi connectivity index (χ4n) is 2.70. The minimum absolute atomic E-state index is 0.331. The quantitative estimate of drug-likeness (QED) is 0.671. The zero-order valence-electron chi connectivity index (χ0n) is 14.1. The van der Waals surface area contributed by atoms with Crippen LogP contribution in [0.2, 0.25) is 5.02 Å². The maximum Gasteiger partial charge on any atom is 0.256 e. The molecular weight excluding hydrogens is 368 g/mol. The van der Waals surface area contributed by atoms with Crippen LogP contribution in [0, 0.1) is 6.92 Å². The van der Waals surface area contributed by atoms with Gasteiger partial charge >= 0.3 is 0 Å². The van der Waals surface area contributed by atoms with Gasteiger partial charge < -0.3 is 11.1 Å². The van der Waals surface area contributed by atoms with E-state index >= 15 is 0 Å². The van der Waals surface area contributed by atoms with Gasteiger partial charge in [-0.3, -0.25) is 9.59 Å². The Labute approximate surface area is 160 Å². The molecule has 4 nitrogen and oxygen atoms in total.